The first-order chi connectivity index (χ1) is 17.2. The number of nitrogens with zero attached hydrogens (tertiary/aromatic N) is 2. The van der Waals surface area contributed by atoms with Crippen molar-refractivity contribution >= 4 is 0 Å². The molecule has 2 unspecified atom stereocenters. The van der Waals surface area contributed by atoms with Gasteiger partial charge < -0.3 is 23.8 Å². The van der Waals surface area contributed by atoms with Gasteiger partial charge in [-0.3, -0.25) is 4.90 Å². The van der Waals surface area contributed by atoms with Crippen molar-refractivity contribution in [1.29, 1.82) is 0 Å². The van der Waals surface area contributed by atoms with E-state index < -0.39 is 0 Å². The van der Waals surface area contributed by atoms with Crippen LogP contribution in [0.25, 0.3) is 0 Å². The van der Waals surface area contributed by atoms with Gasteiger partial charge in [-0.25, -0.2) is 9.78 Å². The van der Waals surface area contributed by atoms with Gasteiger partial charge in [0.15, 0.2) is 17.7 Å². The number of hydrogen-bond acceptors (Lipinski definition) is 8. The van der Waals surface area contributed by atoms with Gasteiger partial charge in [0, 0.05) is 37.3 Å². The predicted molar refractivity (Wildman–Crippen MR) is 133 cm³/mol. The lowest BCUT2D eigenvalue weighted by Gasteiger charge is -2.44. The van der Waals surface area contributed by atoms with Gasteiger partial charge in [0.05, 0.1) is 35.0 Å². The number of ether oxygens (including phenoxy) is 4. The van der Waals surface area contributed by atoms with Gasteiger partial charge >= 0.3 is 0 Å². The fourth-order valence-electron chi connectivity index (χ4n) is 5.17. The second-order valence-electron chi connectivity index (χ2n) is 8.98. The van der Waals surface area contributed by atoms with Crippen LogP contribution in [-0.2, 0) is 16.2 Å². The highest BCUT2D eigenvalue weighted by Crippen LogP contribution is 2.36. The van der Waals surface area contributed by atoms with E-state index in [1.54, 1.807) is 28.4 Å². The number of fused-ring (bicyclic) bond motifs is 1. The summed E-state index contributed by atoms with van der Waals surface area (Å²) in [5.41, 5.74) is 2.43. The molecule has 8 heteroatoms. The van der Waals surface area contributed by atoms with Crippen molar-refractivity contribution in [2.45, 2.75) is 38.0 Å². The third-order valence-electron chi connectivity index (χ3n) is 6.94. The number of methoxy groups -OCH3 is 3. The minimum atomic E-state index is -0.201. The molecule has 2 aliphatic heterocycles. The highest BCUT2D eigenvalue weighted by Gasteiger charge is 2.36. The number of likely N-dealkylation sites (tertiary alicyclic amines) is 1. The van der Waals surface area contributed by atoms with E-state index in [9.17, 15) is 0 Å². The van der Waals surface area contributed by atoms with Crippen molar-refractivity contribution in [2.24, 2.45) is 0 Å². The van der Waals surface area contributed by atoms with Crippen molar-refractivity contribution in [3.63, 3.8) is 0 Å². The van der Waals surface area contributed by atoms with Crippen molar-refractivity contribution < 1.29 is 28.7 Å². The Bertz CT molecular complexity index is 955. The van der Waals surface area contributed by atoms with E-state index in [-0.39, 0.29) is 6.23 Å². The lowest BCUT2D eigenvalue weighted by Crippen LogP contribution is -2.51. The van der Waals surface area contributed by atoms with Crippen LogP contribution in [0.3, 0.4) is 0 Å². The van der Waals surface area contributed by atoms with E-state index in [0.717, 1.165) is 56.9 Å². The van der Waals surface area contributed by atoms with E-state index in [1.807, 2.05) is 24.3 Å². The maximum atomic E-state index is 5.97. The van der Waals surface area contributed by atoms with Crippen LogP contribution in [0.15, 0.2) is 36.4 Å². The molecule has 0 aromatic heterocycles. The average molecular weight is 487 g/mol. The molecule has 4 rings (SSSR count). The molecule has 0 saturated carbocycles. The van der Waals surface area contributed by atoms with Crippen LogP contribution in [0.2, 0.25) is 0 Å². The molecule has 1 fully saturated rings. The van der Waals surface area contributed by atoms with Crippen LogP contribution in [0.4, 0.5) is 0 Å². The number of piperidine rings is 1. The topological polar surface area (TPSA) is 61.9 Å². The van der Waals surface area contributed by atoms with E-state index in [0.29, 0.717) is 24.1 Å². The number of hydrogen-bond donors (Lipinski definition) is 0. The largest absolute Gasteiger partial charge is 0.497 e. The van der Waals surface area contributed by atoms with Crippen LogP contribution < -0.4 is 18.9 Å². The molecule has 2 aromatic rings. The fraction of sp³-hybridized carbons (Fsp3) is 0.556. The van der Waals surface area contributed by atoms with Gasteiger partial charge in [0.2, 0.25) is 0 Å². The third kappa shape index (κ3) is 6.19. The monoisotopic (exact) mass is 486 g/mol. The zero-order valence-corrected chi connectivity index (χ0v) is 21.3. The van der Waals surface area contributed by atoms with Gasteiger partial charge in [-0.1, -0.05) is 6.07 Å². The van der Waals surface area contributed by atoms with Crippen LogP contribution in [0.1, 0.15) is 36.6 Å². The van der Waals surface area contributed by atoms with Crippen molar-refractivity contribution in [2.75, 3.05) is 61.2 Å². The minimum Gasteiger partial charge on any atom is -0.497 e. The molecule has 0 spiro atoms. The lowest BCUT2D eigenvalue weighted by atomic mass is 9.94. The van der Waals surface area contributed by atoms with Gasteiger partial charge in [-0.05, 0) is 62.1 Å². The van der Waals surface area contributed by atoms with Gasteiger partial charge in [-0.2, -0.15) is 0 Å². The summed E-state index contributed by atoms with van der Waals surface area (Å²) >= 11 is 0. The quantitative estimate of drug-likeness (QED) is 0.268. The molecule has 8 nitrogen and oxygen atoms in total. The highest BCUT2D eigenvalue weighted by molar-refractivity contribution is 5.45. The second-order valence-corrected chi connectivity index (χ2v) is 8.98. The van der Waals surface area contributed by atoms with Crippen LogP contribution in [-0.4, -0.2) is 77.1 Å². The average Bonchev–Trinajstić information content (AvgIpc) is 2.91. The summed E-state index contributed by atoms with van der Waals surface area (Å²) in [4.78, 5) is 16.0. The molecule has 0 amide bonds. The highest BCUT2D eigenvalue weighted by atomic mass is 17.2. The van der Waals surface area contributed by atoms with E-state index in [2.05, 4.69) is 21.9 Å². The molecule has 0 aliphatic carbocycles. The van der Waals surface area contributed by atoms with Crippen LogP contribution in [0.5, 0.6) is 23.0 Å². The zero-order chi connectivity index (χ0) is 24.6. The molecule has 2 atom stereocenters. The first kappa shape index (κ1) is 25.6. The number of benzene rings is 2. The molecule has 35 heavy (non-hydrogen) atoms. The van der Waals surface area contributed by atoms with Gasteiger partial charge in [0.25, 0.3) is 0 Å². The molecule has 0 radical (unpaired) electrons. The Balaban J connectivity index is 1.31. The third-order valence-corrected chi connectivity index (χ3v) is 6.94. The Morgan fingerprint density at radius 1 is 0.886 bits per heavy atom. The summed E-state index contributed by atoms with van der Waals surface area (Å²) in [6, 6.07) is 12.3. The smallest absolute Gasteiger partial charge is 0.172 e. The first-order valence-electron chi connectivity index (χ1n) is 12.4. The zero-order valence-electron chi connectivity index (χ0n) is 21.3. The Hall–Kier alpha value is -2.52. The standard InChI is InChI=1S/C27H38N2O6/c1-30-22-8-10-24-20(17-22)12-15-29(27(24)35-33-4)21-7-5-13-28(19-21)14-6-16-34-23-9-11-25(31-2)26(18-23)32-3/h8-11,17-18,21,27H,5-7,12-16,19H2,1-4H3. The molecular formula is C27H38N2O6. The van der Waals surface area contributed by atoms with Crippen molar-refractivity contribution in [1.82, 2.24) is 9.80 Å². The van der Waals surface area contributed by atoms with E-state index in [4.69, 9.17) is 28.7 Å². The Kier molecular flexibility index (Phi) is 9.09. The maximum Gasteiger partial charge on any atom is 0.172 e. The predicted octanol–water partition coefficient (Wildman–Crippen LogP) is 4.08. The van der Waals surface area contributed by atoms with Crippen LogP contribution >= 0.6 is 0 Å². The lowest BCUT2D eigenvalue weighted by molar-refractivity contribution is -0.345. The summed E-state index contributed by atoms with van der Waals surface area (Å²) in [5, 5.41) is 0. The summed E-state index contributed by atoms with van der Waals surface area (Å²) in [7, 11) is 6.55. The summed E-state index contributed by atoms with van der Waals surface area (Å²) < 4.78 is 22.0. The molecule has 192 valence electrons. The van der Waals surface area contributed by atoms with E-state index in [1.165, 1.54) is 17.5 Å². The van der Waals surface area contributed by atoms with Gasteiger partial charge in [-0.15, -0.1) is 0 Å². The summed E-state index contributed by atoms with van der Waals surface area (Å²) in [5.74, 6) is 3.06. The van der Waals surface area contributed by atoms with Crippen molar-refractivity contribution in [3.8, 4) is 23.0 Å². The molecule has 0 bridgehead atoms. The fourth-order valence-corrected chi connectivity index (χ4v) is 5.17. The van der Waals surface area contributed by atoms with Gasteiger partial charge in [0.1, 0.15) is 11.5 Å². The summed E-state index contributed by atoms with van der Waals surface area (Å²) in [6.07, 6.45) is 4.07. The molecule has 2 aliphatic rings. The van der Waals surface area contributed by atoms with Crippen molar-refractivity contribution in [3.05, 3.63) is 47.5 Å². The Morgan fingerprint density at radius 2 is 1.71 bits per heavy atom. The molecule has 2 heterocycles. The molecule has 0 N–H and O–H groups in total. The maximum absolute atomic E-state index is 5.97. The molecular weight excluding hydrogens is 448 g/mol. The Morgan fingerprint density at radius 3 is 2.49 bits per heavy atom. The Labute approximate surface area is 208 Å². The second kappa shape index (κ2) is 12.4. The number of rotatable bonds is 11. The molecule has 2 aromatic carbocycles. The minimum absolute atomic E-state index is 0.201. The first-order valence-corrected chi connectivity index (χ1v) is 12.4. The normalized spacial score (nSPS) is 20.8. The SMILES string of the molecule is COOC1c2ccc(OC)cc2CCN1C1CCCN(CCCOc2ccc(OC)c(OC)c2)C1. The summed E-state index contributed by atoms with van der Waals surface area (Å²) in [6.45, 7) is 4.73. The molecule has 1 saturated heterocycles. The van der Waals surface area contributed by atoms with Crippen LogP contribution in [0, 0.1) is 0 Å². The van der Waals surface area contributed by atoms with E-state index >= 15 is 0 Å².